The number of halogens is 1. The highest BCUT2D eigenvalue weighted by molar-refractivity contribution is 6.29. The van der Waals surface area contributed by atoms with Gasteiger partial charge in [0.2, 0.25) is 0 Å². The Hall–Kier alpha value is -1.19. The van der Waals surface area contributed by atoms with Crippen molar-refractivity contribution in [2.45, 2.75) is 20.4 Å². The highest BCUT2D eigenvalue weighted by Gasteiger charge is 2.06. The molecule has 4 heteroatoms. The maximum absolute atomic E-state index is 5.68. The Morgan fingerprint density at radius 2 is 2.11 bits per heavy atom. The van der Waals surface area contributed by atoms with Gasteiger partial charge in [-0.15, -0.1) is 0 Å². The Morgan fingerprint density at radius 3 is 2.68 bits per heavy atom. The Morgan fingerprint density at radius 1 is 1.37 bits per heavy atom. The smallest absolute Gasteiger partial charge is 0.161 e. The van der Waals surface area contributed by atoms with E-state index in [0.717, 1.165) is 18.7 Å². The standard InChI is InChI=1S/C15H22ClNO2/c1-11(2)8-17-9-13-5-6-14(15(7-13)18-4)19-10-12(3)16/h5-7,11,17H,3,8-10H2,1-2,4H3. The monoisotopic (exact) mass is 283 g/mol. The zero-order valence-corrected chi connectivity index (χ0v) is 12.6. The minimum absolute atomic E-state index is 0.281. The Bertz CT molecular complexity index is 419. The second kappa shape index (κ2) is 8.08. The molecule has 0 unspecified atom stereocenters. The summed E-state index contributed by atoms with van der Waals surface area (Å²) >= 11 is 5.68. The number of nitrogens with one attached hydrogen (secondary N) is 1. The van der Waals surface area contributed by atoms with Gasteiger partial charge in [0.05, 0.1) is 7.11 Å². The van der Waals surface area contributed by atoms with Crippen LogP contribution in [0, 0.1) is 5.92 Å². The van der Waals surface area contributed by atoms with Crippen molar-refractivity contribution in [3.8, 4) is 11.5 Å². The molecular formula is C15H22ClNO2. The van der Waals surface area contributed by atoms with E-state index in [2.05, 4.69) is 25.7 Å². The van der Waals surface area contributed by atoms with Gasteiger partial charge in [0, 0.05) is 11.6 Å². The van der Waals surface area contributed by atoms with Gasteiger partial charge in [-0.2, -0.15) is 0 Å². The van der Waals surface area contributed by atoms with E-state index in [1.54, 1.807) is 7.11 Å². The summed E-state index contributed by atoms with van der Waals surface area (Å²) in [5, 5.41) is 3.85. The predicted octanol–water partition coefficient (Wildman–Crippen LogP) is 3.57. The van der Waals surface area contributed by atoms with Gasteiger partial charge in [0.25, 0.3) is 0 Å². The molecule has 0 amide bonds. The maximum atomic E-state index is 5.68. The molecule has 0 fully saturated rings. The quantitative estimate of drug-likeness (QED) is 0.791. The molecule has 0 spiro atoms. The molecule has 1 N–H and O–H groups in total. The predicted molar refractivity (Wildman–Crippen MR) is 80.0 cm³/mol. The molecule has 0 bridgehead atoms. The Balaban J connectivity index is 2.64. The first-order chi connectivity index (χ1) is 9.02. The molecule has 0 aromatic heterocycles. The van der Waals surface area contributed by atoms with Gasteiger partial charge in [-0.05, 0) is 30.2 Å². The van der Waals surface area contributed by atoms with E-state index >= 15 is 0 Å². The lowest BCUT2D eigenvalue weighted by atomic mass is 10.2. The topological polar surface area (TPSA) is 30.5 Å². The largest absolute Gasteiger partial charge is 0.493 e. The lowest BCUT2D eigenvalue weighted by molar-refractivity contribution is 0.324. The van der Waals surface area contributed by atoms with Crippen molar-refractivity contribution in [1.82, 2.24) is 5.32 Å². The molecule has 1 aromatic carbocycles. The van der Waals surface area contributed by atoms with Gasteiger partial charge >= 0.3 is 0 Å². The molecule has 1 aromatic rings. The van der Waals surface area contributed by atoms with Crippen LogP contribution in [0.3, 0.4) is 0 Å². The molecule has 0 saturated carbocycles. The highest BCUT2D eigenvalue weighted by atomic mass is 35.5. The van der Waals surface area contributed by atoms with Crippen LogP contribution in [0.15, 0.2) is 29.8 Å². The van der Waals surface area contributed by atoms with Crippen LogP contribution >= 0.6 is 11.6 Å². The van der Waals surface area contributed by atoms with E-state index in [1.807, 2.05) is 18.2 Å². The number of benzene rings is 1. The summed E-state index contributed by atoms with van der Waals surface area (Å²) in [6.45, 7) is 10.0. The fourth-order valence-electron chi connectivity index (χ4n) is 1.60. The van der Waals surface area contributed by atoms with Crippen molar-refractivity contribution >= 4 is 11.6 Å². The second-order valence-electron chi connectivity index (χ2n) is 4.82. The molecule has 19 heavy (non-hydrogen) atoms. The SMILES string of the molecule is C=C(Cl)COc1ccc(CNCC(C)C)cc1OC. The average molecular weight is 284 g/mol. The van der Waals surface area contributed by atoms with Gasteiger partial charge in [0.1, 0.15) is 6.61 Å². The van der Waals surface area contributed by atoms with E-state index < -0.39 is 0 Å². The van der Waals surface area contributed by atoms with Crippen molar-refractivity contribution < 1.29 is 9.47 Å². The molecule has 0 aliphatic carbocycles. The van der Waals surface area contributed by atoms with Crippen molar-refractivity contribution in [2.75, 3.05) is 20.3 Å². The molecule has 0 saturated heterocycles. The number of ether oxygens (including phenoxy) is 2. The van der Waals surface area contributed by atoms with Crippen LogP contribution in [-0.4, -0.2) is 20.3 Å². The second-order valence-corrected chi connectivity index (χ2v) is 5.35. The van der Waals surface area contributed by atoms with Crippen LogP contribution in [0.25, 0.3) is 0 Å². The third kappa shape index (κ3) is 5.99. The molecule has 3 nitrogen and oxygen atoms in total. The number of hydrogen-bond acceptors (Lipinski definition) is 3. The summed E-state index contributed by atoms with van der Waals surface area (Å²) in [7, 11) is 1.63. The maximum Gasteiger partial charge on any atom is 0.161 e. The van der Waals surface area contributed by atoms with Crippen LogP contribution < -0.4 is 14.8 Å². The summed E-state index contributed by atoms with van der Waals surface area (Å²) in [4.78, 5) is 0. The third-order valence-corrected chi connectivity index (χ3v) is 2.60. The van der Waals surface area contributed by atoms with Gasteiger partial charge in [-0.1, -0.05) is 38.1 Å². The zero-order chi connectivity index (χ0) is 14.3. The summed E-state index contributed by atoms with van der Waals surface area (Å²) in [6.07, 6.45) is 0. The Kier molecular flexibility index (Phi) is 6.74. The van der Waals surface area contributed by atoms with Crippen molar-refractivity contribution in [3.63, 3.8) is 0 Å². The Labute approximate surface area is 120 Å². The van der Waals surface area contributed by atoms with E-state index in [0.29, 0.717) is 22.4 Å². The lowest BCUT2D eigenvalue weighted by Gasteiger charge is -2.12. The first-order valence-corrected chi connectivity index (χ1v) is 6.74. The van der Waals surface area contributed by atoms with Gasteiger partial charge in [-0.3, -0.25) is 0 Å². The zero-order valence-electron chi connectivity index (χ0n) is 11.8. The molecule has 106 valence electrons. The lowest BCUT2D eigenvalue weighted by Crippen LogP contribution is -2.18. The number of hydrogen-bond donors (Lipinski definition) is 1. The summed E-state index contributed by atoms with van der Waals surface area (Å²) in [5.74, 6) is 2.03. The molecule has 0 heterocycles. The summed E-state index contributed by atoms with van der Waals surface area (Å²) < 4.78 is 10.8. The average Bonchev–Trinajstić information content (AvgIpc) is 2.36. The van der Waals surface area contributed by atoms with Crippen LogP contribution in [0.4, 0.5) is 0 Å². The normalized spacial score (nSPS) is 10.6. The minimum Gasteiger partial charge on any atom is -0.493 e. The highest BCUT2D eigenvalue weighted by Crippen LogP contribution is 2.28. The van der Waals surface area contributed by atoms with E-state index in [4.69, 9.17) is 21.1 Å². The van der Waals surface area contributed by atoms with Crippen LogP contribution in [0.5, 0.6) is 11.5 Å². The molecular weight excluding hydrogens is 262 g/mol. The molecule has 0 aliphatic heterocycles. The van der Waals surface area contributed by atoms with Crippen LogP contribution in [0.2, 0.25) is 0 Å². The van der Waals surface area contributed by atoms with E-state index in [-0.39, 0.29) is 6.61 Å². The molecule has 0 aliphatic rings. The first-order valence-electron chi connectivity index (χ1n) is 6.36. The van der Waals surface area contributed by atoms with E-state index in [1.165, 1.54) is 0 Å². The van der Waals surface area contributed by atoms with Crippen molar-refractivity contribution in [2.24, 2.45) is 5.92 Å². The van der Waals surface area contributed by atoms with Crippen molar-refractivity contribution in [3.05, 3.63) is 35.4 Å². The first kappa shape index (κ1) is 15.9. The fraction of sp³-hybridized carbons (Fsp3) is 0.467. The van der Waals surface area contributed by atoms with Crippen LogP contribution in [-0.2, 0) is 6.54 Å². The van der Waals surface area contributed by atoms with Crippen LogP contribution in [0.1, 0.15) is 19.4 Å². The number of rotatable bonds is 8. The third-order valence-electron chi connectivity index (χ3n) is 2.49. The fourth-order valence-corrected chi connectivity index (χ4v) is 1.66. The molecule has 1 rings (SSSR count). The van der Waals surface area contributed by atoms with Gasteiger partial charge < -0.3 is 14.8 Å². The molecule has 0 atom stereocenters. The summed E-state index contributed by atoms with van der Waals surface area (Å²) in [6, 6.07) is 5.88. The molecule has 0 radical (unpaired) electrons. The van der Waals surface area contributed by atoms with Gasteiger partial charge in [0.15, 0.2) is 11.5 Å². The minimum atomic E-state index is 0.281. The van der Waals surface area contributed by atoms with Crippen molar-refractivity contribution in [1.29, 1.82) is 0 Å². The summed E-state index contributed by atoms with van der Waals surface area (Å²) in [5.41, 5.74) is 1.16. The van der Waals surface area contributed by atoms with E-state index in [9.17, 15) is 0 Å². The number of methoxy groups -OCH3 is 1. The van der Waals surface area contributed by atoms with Gasteiger partial charge in [-0.25, -0.2) is 0 Å².